The van der Waals surface area contributed by atoms with Crippen molar-refractivity contribution < 1.29 is 14.7 Å². The molecule has 128 valence electrons. The van der Waals surface area contributed by atoms with Gasteiger partial charge in [0.25, 0.3) is 0 Å². The van der Waals surface area contributed by atoms with Crippen molar-refractivity contribution in [2.24, 2.45) is 23.7 Å². The maximum atomic E-state index is 12.9. The van der Waals surface area contributed by atoms with Crippen LogP contribution in [0.5, 0.6) is 0 Å². The lowest BCUT2D eigenvalue weighted by molar-refractivity contribution is -0.148. The Kier molecular flexibility index (Phi) is 4.56. The molecule has 2 saturated carbocycles. The average molecular weight is 392 g/mol. The number of amides is 1. The van der Waals surface area contributed by atoms with Crippen molar-refractivity contribution in [2.45, 2.75) is 33.6 Å². The molecular formula is C19H22BrNO3. The number of nitrogens with one attached hydrogen (secondary N) is 1. The molecule has 0 aliphatic heterocycles. The fourth-order valence-corrected chi connectivity index (χ4v) is 4.80. The van der Waals surface area contributed by atoms with Crippen molar-refractivity contribution in [3.63, 3.8) is 0 Å². The second-order valence-electron chi connectivity index (χ2n) is 7.09. The zero-order valence-corrected chi connectivity index (χ0v) is 15.7. The lowest BCUT2D eigenvalue weighted by Crippen LogP contribution is -2.37. The van der Waals surface area contributed by atoms with E-state index in [9.17, 15) is 14.7 Å². The first-order valence-corrected chi connectivity index (χ1v) is 9.07. The van der Waals surface area contributed by atoms with Crippen LogP contribution in [-0.4, -0.2) is 17.0 Å². The molecule has 24 heavy (non-hydrogen) atoms. The zero-order chi connectivity index (χ0) is 17.6. The summed E-state index contributed by atoms with van der Waals surface area (Å²) < 4.78 is 0.982. The number of aliphatic carboxylic acids is 1. The molecule has 4 atom stereocenters. The molecule has 2 aliphatic rings. The van der Waals surface area contributed by atoms with E-state index in [1.807, 2.05) is 39.0 Å². The van der Waals surface area contributed by atoms with Crippen LogP contribution >= 0.6 is 15.9 Å². The third-order valence-electron chi connectivity index (χ3n) is 5.43. The van der Waals surface area contributed by atoms with E-state index in [0.717, 1.165) is 22.9 Å². The summed E-state index contributed by atoms with van der Waals surface area (Å²) in [6, 6.07) is 5.62. The highest BCUT2D eigenvalue weighted by atomic mass is 79.9. The van der Waals surface area contributed by atoms with Crippen molar-refractivity contribution in [3.05, 3.63) is 39.4 Å². The minimum Gasteiger partial charge on any atom is -0.481 e. The molecule has 2 bridgehead atoms. The third-order valence-corrected chi connectivity index (χ3v) is 6.32. The van der Waals surface area contributed by atoms with E-state index >= 15 is 0 Å². The standard InChI is InChI=1S/C19H22BrNO3/c1-9(2)15-12-5-6-13(15)17(19(23)24)16(12)18(22)21-11-4-7-14(20)10(3)8-11/h4,7-8,12-13,16-17H,5-6H2,1-3H3,(H,21,22)(H,23,24). The third kappa shape index (κ3) is 2.79. The number of anilines is 1. The molecule has 0 spiro atoms. The fraction of sp³-hybridized carbons (Fsp3) is 0.474. The minimum absolute atomic E-state index is 0.0138. The maximum absolute atomic E-state index is 12.9. The van der Waals surface area contributed by atoms with Gasteiger partial charge in [0.15, 0.2) is 0 Å². The number of aryl methyl sites for hydroxylation is 1. The summed E-state index contributed by atoms with van der Waals surface area (Å²) in [5.41, 5.74) is 4.12. The predicted molar refractivity (Wildman–Crippen MR) is 96.7 cm³/mol. The maximum Gasteiger partial charge on any atom is 0.307 e. The number of fused-ring (bicyclic) bond motifs is 2. The number of carbonyl (C=O) groups is 2. The van der Waals surface area contributed by atoms with Gasteiger partial charge >= 0.3 is 5.97 Å². The molecule has 5 heteroatoms. The first-order valence-electron chi connectivity index (χ1n) is 8.28. The van der Waals surface area contributed by atoms with Gasteiger partial charge < -0.3 is 10.4 Å². The number of rotatable bonds is 3. The molecule has 0 heterocycles. The Hall–Kier alpha value is -1.62. The molecule has 0 saturated heterocycles. The molecule has 2 fully saturated rings. The summed E-state index contributed by atoms with van der Waals surface area (Å²) in [6.07, 6.45) is 1.79. The molecular weight excluding hydrogens is 370 g/mol. The van der Waals surface area contributed by atoms with Gasteiger partial charge in [-0.3, -0.25) is 9.59 Å². The number of hydrogen-bond acceptors (Lipinski definition) is 2. The van der Waals surface area contributed by atoms with E-state index in [2.05, 4.69) is 21.2 Å². The second-order valence-corrected chi connectivity index (χ2v) is 7.94. The van der Waals surface area contributed by atoms with E-state index in [0.29, 0.717) is 5.69 Å². The van der Waals surface area contributed by atoms with Gasteiger partial charge in [0.2, 0.25) is 5.91 Å². The first-order chi connectivity index (χ1) is 11.3. The van der Waals surface area contributed by atoms with Crippen LogP contribution in [0.4, 0.5) is 5.69 Å². The summed E-state index contributed by atoms with van der Waals surface area (Å²) in [6.45, 7) is 6.01. The first kappa shape index (κ1) is 17.2. The smallest absolute Gasteiger partial charge is 0.307 e. The number of allylic oxidation sites excluding steroid dienone is 2. The van der Waals surface area contributed by atoms with Gasteiger partial charge in [-0.05, 0) is 69.2 Å². The molecule has 2 aliphatic carbocycles. The molecule has 0 radical (unpaired) electrons. The largest absolute Gasteiger partial charge is 0.481 e. The average Bonchev–Trinajstić information content (AvgIpc) is 3.06. The molecule has 1 aromatic rings. The van der Waals surface area contributed by atoms with Crippen LogP contribution in [0.25, 0.3) is 0 Å². The summed E-state index contributed by atoms with van der Waals surface area (Å²) in [5.74, 6) is -2.03. The Morgan fingerprint density at radius 2 is 1.79 bits per heavy atom. The van der Waals surface area contributed by atoms with Crippen molar-refractivity contribution >= 4 is 33.5 Å². The topological polar surface area (TPSA) is 66.4 Å². The molecule has 4 unspecified atom stereocenters. The van der Waals surface area contributed by atoms with Gasteiger partial charge in [0.05, 0.1) is 11.8 Å². The predicted octanol–water partition coefficient (Wildman–Crippen LogP) is 4.39. The van der Waals surface area contributed by atoms with Gasteiger partial charge in [-0.2, -0.15) is 0 Å². The normalized spacial score (nSPS) is 28.1. The molecule has 1 amide bonds. The van der Waals surface area contributed by atoms with Crippen molar-refractivity contribution in [2.75, 3.05) is 5.32 Å². The SMILES string of the molecule is CC(C)=C1C2CCC1C(C(=O)Nc1ccc(Br)c(C)c1)C2C(=O)O. The number of halogens is 1. The monoisotopic (exact) mass is 391 g/mol. The summed E-state index contributed by atoms with van der Waals surface area (Å²) in [7, 11) is 0. The minimum atomic E-state index is -0.854. The highest BCUT2D eigenvalue weighted by molar-refractivity contribution is 9.10. The highest BCUT2D eigenvalue weighted by Gasteiger charge is 2.57. The highest BCUT2D eigenvalue weighted by Crippen LogP contribution is 2.57. The van der Waals surface area contributed by atoms with Crippen LogP contribution in [0.2, 0.25) is 0 Å². The van der Waals surface area contributed by atoms with Crippen LogP contribution in [0.15, 0.2) is 33.8 Å². The Bertz CT molecular complexity index is 736. The number of carboxylic acids is 1. The van der Waals surface area contributed by atoms with Crippen LogP contribution in [0.1, 0.15) is 32.3 Å². The van der Waals surface area contributed by atoms with E-state index in [-0.39, 0.29) is 17.7 Å². The summed E-state index contributed by atoms with van der Waals surface area (Å²) in [4.78, 5) is 24.7. The molecule has 2 N–H and O–H groups in total. The summed E-state index contributed by atoms with van der Waals surface area (Å²) >= 11 is 3.44. The van der Waals surface area contributed by atoms with Crippen molar-refractivity contribution in [3.8, 4) is 0 Å². The fourth-order valence-electron chi connectivity index (χ4n) is 4.55. The lowest BCUT2D eigenvalue weighted by Gasteiger charge is -2.26. The van der Waals surface area contributed by atoms with Gasteiger partial charge in [0.1, 0.15) is 0 Å². The van der Waals surface area contributed by atoms with E-state index in [1.165, 1.54) is 11.1 Å². The molecule has 0 aromatic heterocycles. The molecule has 1 aromatic carbocycles. The Balaban J connectivity index is 1.89. The molecule has 4 nitrogen and oxygen atoms in total. The number of carbonyl (C=O) groups excluding carboxylic acids is 1. The van der Waals surface area contributed by atoms with Crippen LogP contribution in [-0.2, 0) is 9.59 Å². The number of carboxylic acid groups (broad SMARTS) is 1. The van der Waals surface area contributed by atoms with Gasteiger partial charge in [-0.1, -0.05) is 27.1 Å². The summed E-state index contributed by atoms with van der Waals surface area (Å²) in [5, 5.41) is 12.6. The van der Waals surface area contributed by atoms with Crippen molar-refractivity contribution in [1.82, 2.24) is 0 Å². The quantitative estimate of drug-likeness (QED) is 0.750. The van der Waals surface area contributed by atoms with E-state index in [4.69, 9.17) is 0 Å². The van der Waals surface area contributed by atoms with Crippen molar-refractivity contribution in [1.29, 1.82) is 0 Å². The number of hydrogen-bond donors (Lipinski definition) is 2. The van der Waals surface area contributed by atoms with E-state index in [1.54, 1.807) is 0 Å². The second kappa shape index (κ2) is 6.36. The Labute approximate surface area is 150 Å². The zero-order valence-electron chi connectivity index (χ0n) is 14.1. The molecule has 3 rings (SSSR count). The van der Waals surface area contributed by atoms with Gasteiger partial charge in [-0.15, -0.1) is 0 Å². The van der Waals surface area contributed by atoms with Crippen LogP contribution in [0.3, 0.4) is 0 Å². The van der Waals surface area contributed by atoms with Gasteiger partial charge in [-0.25, -0.2) is 0 Å². The van der Waals surface area contributed by atoms with Gasteiger partial charge in [0, 0.05) is 10.2 Å². The lowest BCUT2D eigenvalue weighted by atomic mass is 9.78. The van der Waals surface area contributed by atoms with E-state index < -0.39 is 17.8 Å². The van der Waals surface area contributed by atoms with Crippen LogP contribution in [0, 0.1) is 30.6 Å². The Morgan fingerprint density at radius 1 is 1.17 bits per heavy atom. The Morgan fingerprint density at radius 3 is 2.33 bits per heavy atom. The van der Waals surface area contributed by atoms with Crippen LogP contribution < -0.4 is 5.32 Å². The number of benzene rings is 1.